The normalized spacial score (nSPS) is 14.1. The molecule has 1 aliphatic heterocycles. The first-order valence-corrected chi connectivity index (χ1v) is 9.88. The molecular weight excluding hydrogens is 372 g/mol. The maximum absolute atomic E-state index is 5.38. The van der Waals surface area contributed by atoms with Crippen molar-refractivity contribution in [3.05, 3.63) is 102 Å². The number of benzene rings is 3. The Morgan fingerprint density at radius 1 is 0.767 bits per heavy atom. The molecule has 0 spiro atoms. The Morgan fingerprint density at radius 2 is 1.40 bits per heavy atom. The summed E-state index contributed by atoms with van der Waals surface area (Å²) in [5.74, 6) is 1.66. The van der Waals surface area contributed by atoms with Gasteiger partial charge in [-0.15, -0.1) is 0 Å². The van der Waals surface area contributed by atoms with Crippen molar-refractivity contribution in [2.45, 2.75) is 5.54 Å². The maximum Gasteiger partial charge on any atom is 0.118 e. The number of pyridine rings is 1. The second-order valence-corrected chi connectivity index (χ2v) is 7.32. The third-order valence-electron chi connectivity index (χ3n) is 5.74. The molecule has 2 heterocycles. The average Bonchev–Trinajstić information content (AvgIpc) is 2.83. The maximum atomic E-state index is 5.38. The van der Waals surface area contributed by atoms with Crippen LogP contribution in [0.2, 0.25) is 0 Å². The van der Waals surface area contributed by atoms with Crippen molar-refractivity contribution in [3.8, 4) is 11.5 Å². The van der Waals surface area contributed by atoms with Gasteiger partial charge in [0, 0.05) is 11.6 Å². The van der Waals surface area contributed by atoms with E-state index >= 15 is 0 Å². The fourth-order valence-corrected chi connectivity index (χ4v) is 4.11. The fourth-order valence-electron chi connectivity index (χ4n) is 4.11. The molecule has 0 unspecified atom stereocenters. The van der Waals surface area contributed by atoms with Gasteiger partial charge in [0.05, 0.1) is 25.4 Å². The van der Waals surface area contributed by atoms with Crippen LogP contribution in [-0.2, 0) is 5.54 Å². The van der Waals surface area contributed by atoms with E-state index in [1.54, 1.807) is 14.2 Å². The van der Waals surface area contributed by atoms with E-state index in [9.17, 15) is 0 Å². The molecule has 0 amide bonds. The number of nitrogens with one attached hydrogen (secondary N) is 1. The summed E-state index contributed by atoms with van der Waals surface area (Å²) in [4.78, 5) is 4.53. The lowest BCUT2D eigenvalue weighted by Gasteiger charge is -2.38. The van der Waals surface area contributed by atoms with E-state index in [1.807, 2.05) is 36.5 Å². The Labute approximate surface area is 175 Å². The largest absolute Gasteiger partial charge is 0.497 e. The number of anilines is 1. The molecule has 5 rings (SSSR count). The molecule has 1 aliphatic rings. The number of ether oxygens (including phenoxy) is 2. The smallest absolute Gasteiger partial charge is 0.118 e. The lowest BCUT2D eigenvalue weighted by Crippen LogP contribution is -2.36. The SMILES string of the molecule is COc1ccc(C2(c3ccc(OC)cc3)C=Cc3ccc4ncccc4c3N2)cc1. The fraction of sp³-hybridized carbons (Fsp3) is 0.115. The van der Waals surface area contributed by atoms with Crippen molar-refractivity contribution >= 4 is 22.7 Å². The lowest BCUT2D eigenvalue weighted by atomic mass is 9.79. The van der Waals surface area contributed by atoms with Gasteiger partial charge in [-0.2, -0.15) is 0 Å². The van der Waals surface area contributed by atoms with E-state index in [4.69, 9.17) is 9.47 Å². The van der Waals surface area contributed by atoms with Crippen LogP contribution in [0, 0.1) is 0 Å². The highest BCUT2D eigenvalue weighted by Gasteiger charge is 2.35. The molecule has 4 aromatic rings. The third-order valence-corrected chi connectivity index (χ3v) is 5.74. The van der Waals surface area contributed by atoms with Crippen molar-refractivity contribution in [3.63, 3.8) is 0 Å². The second-order valence-electron chi connectivity index (χ2n) is 7.32. The second kappa shape index (κ2) is 7.23. The van der Waals surface area contributed by atoms with Crippen LogP contribution in [0.4, 0.5) is 5.69 Å². The molecule has 0 bridgehead atoms. The van der Waals surface area contributed by atoms with Gasteiger partial charge < -0.3 is 14.8 Å². The van der Waals surface area contributed by atoms with Gasteiger partial charge in [-0.25, -0.2) is 0 Å². The number of methoxy groups -OCH3 is 2. The molecular formula is C26H22N2O2. The Morgan fingerprint density at radius 3 is 2.00 bits per heavy atom. The molecule has 0 radical (unpaired) electrons. The highest BCUT2D eigenvalue weighted by molar-refractivity contribution is 5.98. The van der Waals surface area contributed by atoms with E-state index in [0.29, 0.717) is 0 Å². The molecule has 0 fully saturated rings. The average molecular weight is 394 g/mol. The first-order chi connectivity index (χ1) is 14.7. The highest BCUT2D eigenvalue weighted by Crippen LogP contribution is 2.43. The molecule has 0 saturated carbocycles. The Hall–Kier alpha value is -3.79. The summed E-state index contributed by atoms with van der Waals surface area (Å²) < 4.78 is 10.8. The van der Waals surface area contributed by atoms with Crippen LogP contribution < -0.4 is 14.8 Å². The summed E-state index contributed by atoms with van der Waals surface area (Å²) >= 11 is 0. The molecule has 1 N–H and O–H groups in total. The van der Waals surface area contributed by atoms with Crippen LogP contribution in [0.5, 0.6) is 11.5 Å². The van der Waals surface area contributed by atoms with E-state index in [2.05, 4.69) is 64.9 Å². The van der Waals surface area contributed by atoms with Gasteiger partial charge in [-0.3, -0.25) is 4.98 Å². The molecule has 0 atom stereocenters. The van der Waals surface area contributed by atoms with Crippen LogP contribution in [0.1, 0.15) is 16.7 Å². The van der Waals surface area contributed by atoms with Crippen LogP contribution in [0.3, 0.4) is 0 Å². The number of hydrogen-bond acceptors (Lipinski definition) is 4. The molecule has 4 nitrogen and oxygen atoms in total. The van der Waals surface area contributed by atoms with Crippen molar-refractivity contribution in [1.82, 2.24) is 4.98 Å². The summed E-state index contributed by atoms with van der Waals surface area (Å²) in [5.41, 5.74) is 4.91. The van der Waals surface area contributed by atoms with Crippen LogP contribution in [-0.4, -0.2) is 19.2 Å². The van der Waals surface area contributed by atoms with Crippen molar-refractivity contribution < 1.29 is 9.47 Å². The number of aromatic nitrogens is 1. The molecule has 3 aromatic carbocycles. The lowest BCUT2D eigenvalue weighted by molar-refractivity contribution is 0.414. The predicted octanol–water partition coefficient (Wildman–Crippen LogP) is 5.63. The first-order valence-electron chi connectivity index (χ1n) is 9.88. The quantitative estimate of drug-likeness (QED) is 0.487. The van der Waals surface area contributed by atoms with Gasteiger partial charge in [0.1, 0.15) is 17.0 Å². The Kier molecular flexibility index (Phi) is 4.40. The van der Waals surface area contributed by atoms with Crippen LogP contribution in [0.15, 0.2) is 85.1 Å². The van der Waals surface area contributed by atoms with Crippen molar-refractivity contribution in [2.75, 3.05) is 19.5 Å². The number of hydrogen-bond donors (Lipinski definition) is 1. The number of nitrogens with zero attached hydrogens (tertiary/aromatic N) is 1. The molecule has 4 heteroatoms. The third kappa shape index (κ3) is 2.89. The zero-order chi connectivity index (χ0) is 20.6. The standard InChI is InChI=1S/C26H22N2O2/c1-29-21-10-6-19(7-11-21)26(20-8-12-22(30-2)13-9-20)16-15-18-5-14-24-23(25(18)28-26)4-3-17-27-24/h3-17,28H,1-2H3. The van der Waals surface area contributed by atoms with Crippen LogP contribution in [0.25, 0.3) is 17.0 Å². The topological polar surface area (TPSA) is 43.4 Å². The van der Waals surface area contributed by atoms with Crippen molar-refractivity contribution in [1.29, 1.82) is 0 Å². The number of rotatable bonds is 4. The minimum atomic E-state index is -0.532. The number of fused-ring (bicyclic) bond motifs is 3. The van der Waals surface area contributed by atoms with Gasteiger partial charge >= 0.3 is 0 Å². The first kappa shape index (κ1) is 18.3. The minimum Gasteiger partial charge on any atom is -0.497 e. The highest BCUT2D eigenvalue weighted by atomic mass is 16.5. The molecule has 0 aliphatic carbocycles. The zero-order valence-electron chi connectivity index (χ0n) is 16.9. The zero-order valence-corrected chi connectivity index (χ0v) is 16.9. The van der Waals surface area contributed by atoms with Gasteiger partial charge in [-0.1, -0.05) is 36.4 Å². The summed E-state index contributed by atoms with van der Waals surface area (Å²) in [6, 6.07) is 24.7. The molecule has 1 aromatic heterocycles. The van der Waals surface area contributed by atoms with Gasteiger partial charge in [0.15, 0.2) is 0 Å². The van der Waals surface area contributed by atoms with E-state index in [0.717, 1.165) is 44.8 Å². The van der Waals surface area contributed by atoms with Gasteiger partial charge in [0.2, 0.25) is 0 Å². The Bertz CT molecular complexity index is 1180. The van der Waals surface area contributed by atoms with E-state index in [-0.39, 0.29) is 0 Å². The Balaban J connectivity index is 1.72. The van der Waals surface area contributed by atoms with Crippen LogP contribution >= 0.6 is 0 Å². The molecule has 0 saturated heterocycles. The van der Waals surface area contributed by atoms with Crippen molar-refractivity contribution in [2.24, 2.45) is 0 Å². The summed E-state index contributed by atoms with van der Waals surface area (Å²) in [6.07, 6.45) is 6.24. The van der Waals surface area contributed by atoms with E-state index < -0.39 is 5.54 Å². The minimum absolute atomic E-state index is 0.532. The summed E-state index contributed by atoms with van der Waals surface area (Å²) in [5, 5.41) is 4.96. The summed E-state index contributed by atoms with van der Waals surface area (Å²) in [7, 11) is 3.37. The molecule has 30 heavy (non-hydrogen) atoms. The van der Waals surface area contributed by atoms with Gasteiger partial charge in [-0.05, 0) is 65.2 Å². The summed E-state index contributed by atoms with van der Waals surface area (Å²) in [6.45, 7) is 0. The molecule has 148 valence electrons. The van der Waals surface area contributed by atoms with E-state index in [1.165, 1.54) is 0 Å². The predicted molar refractivity (Wildman–Crippen MR) is 121 cm³/mol. The monoisotopic (exact) mass is 394 g/mol. The van der Waals surface area contributed by atoms with Gasteiger partial charge in [0.25, 0.3) is 0 Å².